The number of thioether (sulfide) groups is 1. The van der Waals surface area contributed by atoms with E-state index in [1.807, 2.05) is 46.1 Å². The summed E-state index contributed by atoms with van der Waals surface area (Å²) in [4.78, 5) is 14.3. The van der Waals surface area contributed by atoms with E-state index in [2.05, 4.69) is 41.5 Å². The number of rotatable bonds is 6. The molecule has 27 heavy (non-hydrogen) atoms. The zero-order valence-electron chi connectivity index (χ0n) is 15.3. The molecule has 0 bridgehead atoms. The van der Waals surface area contributed by atoms with Crippen molar-refractivity contribution in [1.82, 2.24) is 19.9 Å². The van der Waals surface area contributed by atoms with Crippen LogP contribution in [0.4, 0.5) is 0 Å². The van der Waals surface area contributed by atoms with Crippen molar-refractivity contribution in [2.75, 3.05) is 5.75 Å². The number of aryl methyl sites for hydroxylation is 1. The third-order valence-electron chi connectivity index (χ3n) is 4.75. The van der Waals surface area contributed by atoms with Crippen LogP contribution < -0.4 is 0 Å². The maximum atomic E-state index is 12.4. The fourth-order valence-electron chi connectivity index (χ4n) is 3.22. The Kier molecular flexibility index (Phi) is 5.25. The predicted molar refractivity (Wildman–Crippen MR) is 107 cm³/mol. The van der Waals surface area contributed by atoms with Crippen LogP contribution in [-0.2, 0) is 24.3 Å². The largest absolute Gasteiger partial charge is 0.320 e. The van der Waals surface area contributed by atoms with E-state index >= 15 is 0 Å². The molecule has 0 radical (unpaired) electrons. The molecule has 1 saturated heterocycles. The van der Waals surface area contributed by atoms with Crippen LogP contribution >= 0.6 is 11.8 Å². The molecule has 6 heteroatoms. The van der Waals surface area contributed by atoms with Crippen molar-refractivity contribution >= 4 is 17.7 Å². The van der Waals surface area contributed by atoms with Crippen molar-refractivity contribution in [2.45, 2.75) is 31.8 Å². The molecule has 4 rings (SSSR count). The van der Waals surface area contributed by atoms with E-state index in [-0.39, 0.29) is 11.3 Å². The molecule has 1 unspecified atom stereocenters. The predicted octanol–water partition coefficient (Wildman–Crippen LogP) is 3.66. The summed E-state index contributed by atoms with van der Waals surface area (Å²) in [5, 5.41) is 8.56. The van der Waals surface area contributed by atoms with Gasteiger partial charge < -0.3 is 4.90 Å². The lowest BCUT2D eigenvalue weighted by Gasteiger charge is -2.22. The number of carbonyl (C=O) groups is 1. The Hall–Kier alpha value is -2.60. The van der Waals surface area contributed by atoms with E-state index in [9.17, 15) is 4.79 Å². The van der Waals surface area contributed by atoms with Crippen LogP contribution in [0.2, 0.25) is 0 Å². The van der Waals surface area contributed by atoms with Gasteiger partial charge in [0.1, 0.15) is 11.1 Å². The van der Waals surface area contributed by atoms with Crippen molar-refractivity contribution in [3.05, 3.63) is 83.2 Å². The van der Waals surface area contributed by atoms with Gasteiger partial charge in [0.15, 0.2) is 0 Å². The molecule has 1 aliphatic rings. The molecular formula is C21H22N4OS. The second kappa shape index (κ2) is 7.96. The van der Waals surface area contributed by atoms with Gasteiger partial charge in [0.2, 0.25) is 5.91 Å². The first-order valence-electron chi connectivity index (χ1n) is 9.16. The summed E-state index contributed by atoms with van der Waals surface area (Å²) in [6.45, 7) is 3.43. The monoisotopic (exact) mass is 378 g/mol. The van der Waals surface area contributed by atoms with Crippen molar-refractivity contribution < 1.29 is 4.79 Å². The molecule has 1 amide bonds. The summed E-state index contributed by atoms with van der Waals surface area (Å²) in [5.41, 5.74) is 4.49. The van der Waals surface area contributed by atoms with Crippen molar-refractivity contribution in [3.63, 3.8) is 0 Å². The third kappa shape index (κ3) is 4.06. The fraction of sp³-hybridized carbons (Fsp3) is 0.286. The smallest absolute Gasteiger partial charge is 0.234 e. The first-order valence-corrected chi connectivity index (χ1v) is 10.2. The molecule has 0 aliphatic carbocycles. The molecule has 1 atom stereocenters. The summed E-state index contributed by atoms with van der Waals surface area (Å²) in [6, 6.07) is 18.6. The zero-order chi connectivity index (χ0) is 18.6. The van der Waals surface area contributed by atoms with Crippen LogP contribution in [0, 0.1) is 0 Å². The standard InChI is InChI=1S/C21H22N4OS/c1-2-16-8-10-18(11-9-16)12-24-14-19(22-23-24)21-25(20(26)15-27-21)13-17-6-4-3-5-7-17/h3-11,14,21H,2,12-13,15H2,1H3. The van der Waals surface area contributed by atoms with Crippen LogP contribution in [0.3, 0.4) is 0 Å². The average Bonchev–Trinajstić information content (AvgIpc) is 3.30. The molecule has 1 fully saturated rings. The molecule has 0 N–H and O–H groups in total. The molecule has 0 saturated carbocycles. The Balaban J connectivity index is 1.48. The minimum Gasteiger partial charge on any atom is -0.320 e. The van der Waals surface area contributed by atoms with Crippen LogP contribution in [0.1, 0.15) is 34.7 Å². The second-order valence-electron chi connectivity index (χ2n) is 6.68. The number of nitrogens with zero attached hydrogens (tertiary/aromatic N) is 4. The topological polar surface area (TPSA) is 51.0 Å². The number of hydrogen-bond acceptors (Lipinski definition) is 4. The van der Waals surface area contributed by atoms with Gasteiger partial charge in [-0.15, -0.1) is 16.9 Å². The minimum atomic E-state index is -0.0751. The molecule has 1 aromatic heterocycles. The van der Waals surface area contributed by atoms with Gasteiger partial charge in [-0.25, -0.2) is 4.68 Å². The molecular weight excluding hydrogens is 356 g/mol. The Labute approximate surface area is 163 Å². The Morgan fingerprint density at radius 3 is 2.44 bits per heavy atom. The summed E-state index contributed by atoms with van der Waals surface area (Å²) >= 11 is 1.62. The average molecular weight is 379 g/mol. The first kappa shape index (κ1) is 17.8. The number of benzene rings is 2. The van der Waals surface area contributed by atoms with Crippen LogP contribution in [0.25, 0.3) is 0 Å². The number of hydrogen-bond donors (Lipinski definition) is 0. The Bertz CT molecular complexity index is 907. The third-order valence-corrected chi connectivity index (χ3v) is 5.97. The van der Waals surface area contributed by atoms with Crippen LogP contribution in [0.5, 0.6) is 0 Å². The Morgan fingerprint density at radius 1 is 1.00 bits per heavy atom. The molecule has 2 aromatic carbocycles. The zero-order valence-corrected chi connectivity index (χ0v) is 16.1. The molecule has 5 nitrogen and oxygen atoms in total. The van der Waals surface area contributed by atoms with Gasteiger partial charge in [-0.05, 0) is 23.1 Å². The van der Waals surface area contributed by atoms with E-state index in [4.69, 9.17) is 0 Å². The number of aromatic nitrogens is 3. The second-order valence-corrected chi connectivity index (χ2v) is 7.75. The fourth-order valence-corrected chi connectivity index (χ4v) is 4.34. The highest BCUT2D eigenvalue weighted by Crippen LogP contribution is 2.38. The quantitative estimate of drug-likeness (QED) is 0.657. The van der Waals surface area contributed by atoms with Gasteiger partial charge in [0.05, 0.1) is 18.5 Å². The summed E-state index contributed by atoms with van der Waals surface area (Å²) in [6.07, 6.45) is 3.00. The highest BCUT2D eigenvalue weighted by Gasteiger charge is 2.34. The minimum absolute atomic E-state index is 0.0751. The normalized spacial score (nSPS) is 16.9. The highest BCUT2D eigenvalue weighted by molar-refractivity contribution is 8.00. The Morgan fingerprint density at radius 2 is 1.70 bits per heavy atom. The number of amides is 1. The van der Waals surface area contributed by atoms with Crippen molar-refractivity contribution in [2.24, 2.45) is 0 Å². The van der Waals surface area contributed by atoms with E-state index in [0.717, 1.165) is 17.7 Å². The molecule has 0 spiro atoms. The molecule has 2 heterocycles. The van der Waals surface area contributed by atoms with Crippen LogP contribution in [0.15, 0.2) is 60.8 Å². The van der Waals surface area contributed by atoms with E-state index < -0.39 is 0 Å². The summed E-state index contributed by atoms with van der Waals surface area (Å²) < 4.78 is 1.85. The van der Waals surface area contributed by atoms with Gasteiger partial charge in [-0.2, -0.15) is 0 Å². The summed E-state index contributed by atoms with van der Waals surface area (Å²) in [7, 11) is 0. The van der Waals surface area contributed by atoms with Gasteiger partial charge >= 0.3 is 0 Å². The van der Waals surface area contributed by atoms with E-state index in [1.165, 1.54) is 11.1 Å². The molecule has 138 valence electrons. The van der Waals surface area contributed by atoms with E-state index in [0.29, 0.717) is 18.8 Å². The van der Waals surface area contributed by atoms with Gasteiger partial charge in [-0.3, -0.25) is 4.79 Å². The summed E-state index contributed by atoms with van der Waals surface area (Å²) in [5.74, 6) is 0.640. The van der Waals surface area contributed by atoms with Gasteiger partial charge in [-0.1, -0.05) is 66.7 Å². The van der Waals surface area contributed by atoms with Crippen molar-refractivity contribution in [1.29, 1.82) is 0 Å². The molecule has 3 aromatic rings. The molecule has 1 aliphatic heterocycles. The van der Waals surface area contributed by atoms with Crippen molar-refractivity contribution in [3.8, 4) is 0 Å². The van der Waals surface area contributed by atoms with E-state index in [1.54, 1.807) is 11.8 Å². The maximum Gasteiger partial charge on any atom is 0.234 e. The first-order chi connectivity index (χ1) is 13.2. The highest BCUT2D eigenvalue weighted by atomic mass is 32.2. The lowest BCUT2D eigenvalue weighted by Crippen LogP contribution is -2.27. The van der Waals surface area contributed by atoms with Gasteiger partial charge in [0, 0.05) is 6.54 Å². The lowest BCUT2D eigenvalue weighted by molar-refractivity contribution is -0.128. The SMILES string of the molecule is CCc1ccc(Cn2cc(C3SCC(=O)N3Cc3ccccc3)nn2)cc1. The number of carbonyl (C=O) groups excluding carboxylic acids is 1. The maximum absolute atomic E-state index is 12.4. The van der Waals surface area contributed by atoms with Crippen LogP contribution in [-0.4, -0.2) is 31.6 Å². The van der Waals surface area contributed by atoms with Gasteiger partial charge in [0.25, 0.3) is 0 Å². The lowest BCUT2D eigenvalue weighted by atomic mass is 10.1.